The predicted octanol–water partition coefficient (Wildman–Crippen LogP) is 3.44. The molecule has 0 saturated carbocycles. The highest BCUT2D eigenvalue weighted by Gasteiger charge is 2.17. The number of nitrogens with one attached hydrogen (secondary N) is 1. The molecule has 0 aliphatic rings. The van der Waals surface area contributed by atoms with Crippen LogP contribution in [0.25, 0.3) is 0 Å². The van der Waals surface area contributed by atoms with Crippen molar-refractivity contribution in [2.75, 3.05) is 5.32 Å². The Morgan fingerprint density at radius 1 is 1.00 bits per heavy atom. The molecule has 0 saturated heterocycles. The van der Waals surface area contributed by atoms with Gasteiger partial charge in [0.1, 0.15) is 5.75 Å². The van der Waals surface area contributed by atoms with Crippen LogP contribution in [0.15, 0.2) is 72.8 Å². The molecule has 3 aromatic rings. The third kappa shape index (κ3) is 5.05. The number of carbonyl (C=O) groups excluding carboxylic acids is 1. The first kappa shape index (κ1) is 20.2. The van der Waals surface area contributed by atoms with Gasteiger partial charge in [0, 0.05) is 17.7 Å². The van der Waals surface area contributed by atoms with Crippen molar-refractivity contribution in [3.63, 3.8) is 0 Å². The summed E-state index contributed by atoms with van der Waals surface area (Å²) < 4.78 is 16.9. The number of ether oxygens (including phenoxy) is 1. The van der Waals surface area contributed by atoms with Crippen LogP contribution in [0.4, 0.5) is 11.4 Å². The number of anilines is 1. The lowest BCUT2D eigenvalue weighted by atomic mass is 10.2. The average Bonchev–Trinajstić information content (AvgIpc) is 2.69. The molecule has 0 heterocycles. The zero-order chi connectivity index (χ0) is 21.0. The fourth-order valence-corrected chi connectivity index (χ4v) is 2.99. The van der Waals surface area contributed by atoms with E-state index in [0.29, 0.717) is 11.4 Å². The molecule has 1 amide bonds. The largest absolute Gasteiger partial charge is 0.455 e. The Labute approximate surface area is 164 Å². The summed E-state index contributed by atoms with van der Waals surface area (Å²) in [6.07, 6.45) is 0. The lowest BCUT2D eigenvalue weighted by Gasteiger charge is -2.13. The molecule has 0 spiro atoms. The van der Waals surface area contributed by atoms with Gasteiger partial charge in [-0.15, -0.1) is 0 Å². The first-order valence-electron chi connectivity index (χ1n) is 8.23. The maximum atomic E-state index is 12.5. The van der Waals surface area contributed by atoms with Gasteiger partial charge in [-0.25, -0.2) is 0 Å². The quantitative estimate of drug-likeness (QED) is 0.319. The smallest absolute Gasteiger partial charge is 0.356 e. The molecule has 0 aliphatic carbocycles. The van der Waals surface area contributed by atoms with Crippen LogP contribution in [0.1, 0.15) is 10.4 Å². The number of hydrogen-bond acceptors (Lipinski definition) is 5. The van der Waals surface area contributed by atoms with Gasteiger partial charge in [0.2, 0.25) is 0 Å². The fraction of sp³-hybridized carbons (Fsp3) is 0. The minimum Gasteiger partial charge on any atom is -0.455 e. The Bertz CT molecular complexity index is 1110. The number of benzene rings is 3. The number of nitro benzene ring substituents is 1. The van der Waals surface area contributed by atoms with Crippen LogP contribution >= 0.6 is 7.60 Å². The monoisotopic (exact) mass is 414 g/mol. The van der Waals surface area contributed by atoms with Gasteiger partial charge < -0.3 is 19.8 Å². The molecule has 3 N–H and O–H groups in total. The second kappa shape index (κ2) is 8.24. The van der Waals surface area contributed by atoms with Crippen molar-refractivity contribution in [3.05, 3.63) is 88.5 Å². The Morgan fingerprint density at radius 3 is 2.34 bits per heavy atom. The third-order valence-corrected chi connectivity index (χ3v) is 4.83. The molecule has 0 bridgehead atoms. The van der Waals surface area contributed by atoms with Crippen LogP contribution in [0.2, 0.25) is 0 Å². The van der Waals surface area contributed by atoms with Crippen molar-refractivity contribution in [1.82, 2.24) is 0 Å². The summed E-state index contributed by atoms with van der Waals surface area (Å²) in [6, 6.07) is 17.2. The van der Waals surface area contributed by atoms with E-state index in [0.717, 1.165) is 0 Å². The molecule has 0 radical (unpaired) electrons. The van der Waals surface area contributed by atoms with Crippen LogP contribution in [-0.2, 0) is 4.57 Å². The second-order valence-electron chi connectivity index (χ2n) is 5.90. The van der Waals surface area contributed by atoms with E-state index in [-0.39, 0.29) is 22.3 Å². The van der Waals surface area contributed by atoms with Crippen LogP contribution in [0.5, 0.6) is 11.5 Å². The maximum Gasteiger partial charge on any atom is 0.356 e. The number of nitro groups is 1. The zero-order valence-corrected chi connectivity index (χ0v) is 15.7. The molecule has 9 nitrogen and oxygen atoms in total. The molecule has 3 rings (SSSR count). The maximum absolute atomic E-state index is 12.5. The summed E-state index contributed by atoms with van der Waals surface area (Å²) in [5.74, 6) is 0.0380. The molecule has 148 valence electrons. The molecule has 3 aromatic carbocycles. The molecule has 29 heavy (non-hydrogen) atoms. The van der Waals surface area contributed by atoms with Gasteiger partial charge >= 0.3 is 7.60 Å². The number of nitrogens with zero attached hydrogens (tertiary/aromatic N) is 1. The molecule has 0 atom stereocenters. The van der Waals surface area contributed by atoms with Gasteiger partial charge in [0.15, 0.2) is 5.75 Å². The highest BCUT2D eigenvalue weighted by Crippen LogP contribution is 2.35. The number of para-hydroxylation sites is 2. The predicted molar refractivity (Wildman–Crippen MR) is 106 cm³/mol. The van der Waals surface area contributed by atoms with E-state index in [9.17, 15) is 19.5 Å². The van der Waals surface area contributed by atoms with E-state index in [1.165, 1.54) is 48.5 Å². The van der Waals surface area contributed by atoms with E-state index in [4.69, 9.17) is 14.5 Å². The van der Waals surface area contributed by atoms with E-state index in [2.05, 4.69) is 5.32 Å². The van der Waals surface area contributed by atoms with Crippen LogP contribution in [0.3, 0.4) is 0 Å². The number of rotatable bonds is 6. The van der Waals surface area contributed by atoms with Gasteiger partial charge in [-0.05, 0) is 42.5 Å². The van der Waals surface area contributed by atoms with E-state index >= 15 is 0 Å². The fourth-order valence-electron chi connectivity index (χ4n) is 2.45. The van der Waals surface area contributed by atoms with Crippen molar-refractivity contribution >= 4 is 30.2 Å². The number of amides is 1. The Balaban J connectivity index is 1.80. The molecule has 10 heteroatoms. The van der Waals surface area contributed by atoms with Gasteiger partial charge in [0.25, 0.3) is 11.6 Å². The zero-order valence-electron chi connectivity index (χ0n) is 14.8. The summed E-state index contributed by atoms with van der Waals surface area (Å²) in [5.41, 5.74) is 0.232. The third-order valence-electron chi connectivity index (χ3n) is 3.86. The molecule has 0 aliphatic heterocycles. The van der Waals surface area contributed by atoms with Crippen LogP contribution < -0.4 is 15.4 Å². The van der Waals surface area contributed by atoms with Crippen molar-refractivity contribution in [2.24, 2.45) is 0 Å². The number of non-ortho nitro benzene ring substituents is 1. The second-order valence-corrected chi connectivity index (χ2v) is 7.50. The summed E-state index contributed by atoms with van der Waals surface area (Å²) in [4.78, 5) is 41.1. The summed E-state index contributed by atoms with van der Waals surface area (Å²) in [6.45, 7) is 0. The van der Waals surface area contributed by atoms with E-state index < -0.39 is 18.4 Å². The number of hydrogen-bond donors (Lipinski definition) is 3. The van der Waals surface area contributed by atoms with E-state index in [1.807, 2.05) is 0 Å². The van der Waals surface area contributed by atoms with Gasteiger partial charge in [-0.2, -0.15) is 0 Å². The van der Waals surface area contributed by atoms with Crippen molar-refractivity contribution in [3.8, 4) is 11.5 Å². The molecule has 0 unspecified atom stereocenters. The summed E-state index contributed by atoms with van der Waals surface area (Å²) in [7, 11) is -4.35. The standard InChI is InChI=1S/C19H15N2O7P/c22-19(13-4-3-5-14(12-13)21(23)24)20-17-6-1-2-7-18(17)28-15-8-10-16(11-9-15)29(25,26)27/h1-12H,(H,20,22)(H2,25,26,27). The first-order chi connectivity index (χ1) is 13.7. The highest BCUT2D eigenvalue weighted by molar-refractivity contribution is 7.60. The summed E-state index contributed by atoms with van der Waals surface area (Å²) in [5, 5.41) is 13.4. The highest BCUT2D eigenvalue weighted by atomic mass is 31.2. The SMILES string of the molecule is O=C(Nc1ccccc1Oc1ccc(P(=O)(O)O)cc1)c1cccc([N+](=O)[O-])c1. The minimum atomic E-state index is -4.35. The Morgan fingerprint density at radius 2 is 1.69 bits per heavy atom. The van der Waals surface area contributed by atoms with Gasteiger partial charge in [-0.1, -0.05) is 18.2 Å². The molecular formula is C19H15N2O7P. The lowest BCUT2D eigenvalue weighted by Crippen LogP contribution is -2.12. The van der Waals surface area contributed by atoms with Crippen molar-refractivity contribution < 1.29 is 28.8 Å². The number of carbonyl (C=O) groups is 1. The minimum absolute atomic E-state index is 0.111. The van der Waals surface area contributed by atoms with Crippen molar-refractivity contribution in [1.29, 1.82) is 0 Å². The van der Waals surface area contributed by atoms with E-state index in [1.54, 1.807) is 24.3 Å². The molecule has 0 aromatic heterocycles. The topological polar surface area (TPSA) is 139 Å². The summed E-state index contributed by atoms with van der Waals surface area (Å²) >= 11 is 0. The van der Waals surface area contributed by atoms with Crippen LogP contribution in [-0.4, -0.2) is 20.6 Å². The van der Waals surface area contributed by atoms with Crippen molar-refractivity contribution in [2.45, 2.75) is 0 Å². The Hall–Kier alpha value is -3.52. The van der Waals surface area contributed by atoms with Crippen LogP contribution in [0, 0.1) is 10.1 Å². The first-order valence-corrected chi connectivity index (χ1v) is 9.84. The average molecular weight is 414 g/mol. The van der Waals surface area contributed by atoms with Gasteiger partial charge in [-0.3, -0.25) is 19.5 Å². The molecular weight excluding hydrogens is 399 g/mol. The van der Waals surface area contributed by atoms with Gasteiger partial charge in [0.05, 0.1) is 15.9 Å². The normalized spacial score (nSPS) is 11.0. The lowest BCUT2D eigenvalue weighted by molar-refractivity contribution is -0.384. The Kier molecular flexibility index (Phi) is 5.74. The molecule has 0 fully saturated rings.